The SMILES string of the molecule is CCCCCN(CCCCC)C(CCCCN(N=C(N)N)C(=N)N)(C(=O)OCc1ccccc1)C(=O)OCc1ccccc1. The minimum Gasteiger partial charge on any atom is -0.459 e. The summed E-state index contributed by atoms with van der Waals surface area (Å²) in [5.74, 6) is -1.78. The van der Waals surface area contributed by atoms with Crippen LogP contribution in [0.4, 0.5) is 0 Å². The first-order chi connectivity index (χ1) is 21.2. The second kappa shape index (κ2) is 20.0. The van der Waals surface area contributed by atoms with E-state index in [4.69, 9.17) is 32.1 Å². The fraction of sp³-hybridized carbons (Fsp3) is 0.515. The first-order valence-corrected chi connectivity index (χ1v) is 15.6. The van der Waals surface area contributed by atoms with Crippen LogP contribution in [0.3, 0.4) is 0 Å². The Bertz CT molecular complexity index is 1090. The zero-order valence-electron chi connectivity index (χ0n) is 26.4. The van der Waals surface area contributed by atoms with E-state index in [0.717, 1.165) is 49.7 Å². The zero-order valence-corrected chi connectivity index (χ0v) is 26.4. The van der Waals surface area contributed by atoms with E-state index in [1.54, 1.807) is 0 Å². The van der Waals surface area contributed by atoms with E-state index >= 15 is 0 Å². The molecular weight excluding hydrogens is 558 g/mol. The summed E-state index contributed by atoms with van der Waals surface area (Å²) in [6.07, 6.45) is 6.60. The van der Waals surface area contributed by atoms with Crippen LogP contribution in [0.15, 0.2) is 65.8 Å². The Labute approximate surface area is 262 Å². The highest BCUT2D eigenvalue weighted by atomic mass is 16.6. The van der Waals surface area contributed by atoms with Crippen LogP contribution in [0, 0.1) is 5.41 Å². The van der Waals surface area contributed by atoms with Crippen molar-refractivity contribution in [2.24, 2.45) is 22.3 Å². The number of hydrazone groups is 1. The van der Waals surface area contributed by atoms with E-state index in [2.05, 4.69) is 18.9 Å². The molecule has 7 N–H and O–H groups in total. The molecule has 0 aromatic heterocycles. The molecule has 11 nitrogen and oxygen atoms in total. The Morgan fingerprint density at radius 1 is 0.727 bits per heavy atom. The average Bonchev–Trinajstić information content (AvgIpc) is 3.02. The summed E-state index contributed by atoms with van der Waals surface area (Å²) < 4.78 is 11.9. The number of rotatable bonds is 21. The number of carbonyl (C=O) groups excluding carboxylic acids is 2. The van der Waals surface area contributed by atoms with Crippen LogP contribution in [0.1, 0.15) is 82.8 Å². The topological polar surface area (TPSA) is 173 Å². The van der Waals surface area contributed by atoms with Crippen molar-refractivity contribution >= 4 is 23.9 Å². The van der Waals surface area contributed by atoms with Crippen molar-refractivity contribution in [1.82, 2.24) is 9.91 Å². The van der Waals surface area contributed by atoms with Crippen LogP contribution in [0.25, 0.3) is 0 Å². The fourth-order valence-corrected chi connectivity index (χ4v) is 4.99. The Balaban J connectivity index is 2.47. The number of unbranched alkanes of at least 4 members (excludes halogenated alkanes) is 5. The summed E-state index contributed by atoms with van der Waals surface area (Å²) in [6, 6.07) is 18.8. The Kier molecular flexibility index (Phi) is 16.4. The maximum atomic E-state index is 14.3. The first-order valence-electron chi connectivity index (χ1n) is 15.6. The van der Waals surface area contributed by atoms with E-state index in [0.29, 0.717) is 25.9 Å². The largest absolute Gasteiger partial charge is 0.459 e. The number of benzene rings is 2. The van der Waals surface area contributed by atoms with Crippen molar-refractivity contribution in [2.75, 3.05) is 19.6 Å². The number of nitrogens with one attached hydrogen (secondary N) is 1. The van der Waals surface area contributed by atoms with Gasteiger partial charge in [-0.1, -0.05) is 100 Å². The maximum absolute atomic E-state index is 14.3. The molecule has 0 bridgehead atoms. The smallest absolute Gasteiger partial charge is 0.338 e. The molecule has 11 heteroatoms. The fourth-order valence-electron chi connectivity index (χ4n) is 4.99. The Morgan fingerprint density at radius 3 is 1.59 bits per heavy atom. The molecule has 0 unspecified atom stereocenters. The first kappa shape index (κ1) is 36.1. The number of nitrogens with zero attached hydrogens (tertiary/aromatic N) is 3. The minimum absolute atomic E-state index is 0.0355. The van der Waals surface area contributed by atoms with Gasteiger partial charge in [0.2, 0.25) is 17.5 Å². The van der Waals surface area contributed by atoms with Crippen LogP contribution in [0.5, 0.6) is 0 Å². The number of hydrogen-bond acceptors (Lipinski definition) is 7. The van der Waals surface area contributed by atoms with E-state index in [-0.39, 0.29) is 38.1 Å². The predicted octanol–water partition coefficient (Wildman–Crippen LogP) is 4.45. The van der Waals surface area contributed by atoms with Gasteiger partial charge in [0.15, 0.2) is 0 Å². The zero-order chi connectivity index (χ0) is 32.2. The highest BCUT2D eigenvalue weighted by Gasteiger charge is 2.53. The van der Waals surface area contributed by atoms with Gasteiger partial charge in [-0.15, -0.1) is 5.10 Å². The highest BCUT2D eigenvalue weighted by molar-refractivity contribution is 6.05. The van der Waals surface area contributed by atoms with E-state index in [9.17, 15) is 9.59 Å². The van der Waals surface area contributed by atoms with Gasteiger partial charge in [-0.25, -0.2) is 14.6 Å². The lowest BCUT2D eigenvalue weighted by molar-refractivity contribution is -0.178. The van der Waals surface area contributed by atoms with E-state index < -0.39 is 17.5 Å². The summed E-state index contributed by atoms with van der Waals surface area (Å²) in [6.45, 7) is 5.63. The molecule has 0 spiro atoms. The molecule has 2 aromatic carbocycles. The third-order valence-electron chi connectivity index (χ3n) is 7.38. The van der Waals surface area contributed by atoms with Gasteiger partial charge in [-0.05, 0) is 56.3 Å². The summed E-state index contributed by atoms with van der Waals surface area (Å²) in [5, 5.41) is 12.9. The summed E-state index contributed by atoms with van der Waals surface area (Å²) >= 11 is 0. The lowest BCUT2D eigenvalue weighted by atomic mass is 9.89. The van der Waals surface area contributed by atoms with Gasteiger partial charge in [0.25, 0.3) is 0 Å². The lowest BCUT2D eigenvalue weighted by Crippen LogP contribution is -2.62. The molecule has 44 heavy (non-hydrogen) atoms. The molecule has 0 radical (unpaired) electrons. The lowest BCUT2D eigenvalue weighted by Gasteiger charge is -2.40. The standard InChI is InChI=1S/C33H51N7O4/c1-3-5-14-22-39(23-15-6-4-2)33(29(41)43-25-27-17-9-7-10-18-27,30(42)44-26-28-19-11-8-12-20-28)21-13-16-24-40(32(36)37)38-31(34)35/h7-12,17-20H,3-6,13-16,21-26H2,1-2H3,(H3,36,37)(H4,34,35,38). The molecule has 0 fully saturated rings. The summed E-state index contributed by atoms with van der Waals surface area (Å²) in [7, 11) is 0. The van der Waals surface area contributed by atoms with Gasteiger partial charge < -0.3 is 26.7 Å². The monoisotopic (exact) mass is 609 g/mol. The second-order valence-corrected chi connectivity index (χ2v) is 10.9. The third-order valence-corrected chi connectivity index (χ3v) is 7.38. The van der Waals surface area contributed by atoms with Crippen molar-refractivity contribution < 1.29 is 19.1 Å². The number of ether oxygens (including phenoxy) is 2. The number of nitrogens with two attached hydrogens (primary N) is 3. The predicted molar refractivity (Wildman–Crippen MR) is 174 cm³/mol. The molecule has 0 amide bonds. The van der Waals surface area contributed by atoms with Crippen molar-refractivity contribution in [3.63, 3.8) is 0 Å². The molecule has 2 rings (SSSR count). The van der Waals surface area contributed by atoms with Gasteiger partial charge in [0.05, 0.1) is 0 Å². The third kappa shape index (κ3) is 11.9. The quantitative estimate of drug-likeness (QED) is 0.0398. The van der Waals surface area contributed by atoms with Crippen LogP contribution in [0.2, 0.25) is 0 Å². The van der Waals surface area contributed by atoms with Crippen LogP contribution in [-0.4, -0.2) is 58.9 Å². The molecular formula is C33H51N7O4. The number of esters is 2. The number of guanidine groups is 2. The van der Waals surface area contributed by atoms with Crippen molar-refractivity contribution in [2.45, 2.75) is 90.4 Å². The van der Waals surface area contributed by atoms with Gasteiger partial charge >= 0.3 is 11.9 Å². The number of carbonyl (C=O) groups is 2. The van der Waals surface area contributed by atoms with Gasteiger partial charge in [0.1, 0.15) is 13.2 Å². The summed E-state index contributed by atoms with van der Waals surface area (Å²) in [5.41, 5.74) is 16.7. The molecule has 0 aliphatic heterocycles. The molecule has 0 aliphatic rings. The Hall–Kier alpha value is -4.12. The average molecular weight is 610 g/mol. The van der Waals surface area contributed by atoms with Crippen LogP contribution < -0.4 is 17.2 Å². The second-order valence-electron chi connectivity index (χ2n) is 10.9. The Morgan fingerprint density at radius 2 is 1.18 bits per heavy atom. The van der Waals surface area contributed by atoms with E-state index in [1.165, 1.54) is 5.01 Å². The van der Waals surface area contributed by atoms with Crippen molar-refractivity contribution in [1.29, 1.82) is 5.41 Å². The molecule has 0 heterocycles. The highest BCUT2D eigenvalue weighted by Crippen LogP contribution is 2.30. The van der Waals surface area contributed by atoms with Crippen LogP contribution in [-0.2, 0) is 32.3 Å². The van der Waals surface area contributed by atoms with Crippen molar-refractivity contribution in [3.8, 4) is 0 Å². The van der Waals surface area contributed by atoms with Gasteiger partial charge in [-0.3, -0.25) is 10.3 Å². The molecule has 0 saturated carbocycles. The molecule has 0 atom stereocenters. The summed E-state index contributed by atoms with van der Waals surface area (Å²) in [4.78, 5) is 30.6. The van der Waals surface area contributed by atoms with Crippen LogP contribution >= 0.6 is 0 Å². The van der Waals surface area contributed by atoms with E-state index in [1.807, 2.05) is 65.6 Å². The molecule has 0 saturated heterocycles. The molecule has 2 aromatic rings. The molecule has 242 valence electrons. The van der Waals surface area contributed by atoms with Crippen molar-refractivity contribution in [3.05, 3.63) is 71.8 Å². The normalized spacial score (nSPS) is 11.2. The minimum atomic E-state index is -1.66. The van der Waals surface area contributed by atoms with Gasteiger partial charge in [-0.2, -0.15) is 0 Å². The maximum Gasteiger partial charge on any atom is 0.338 e. The molecule has 0 aliphatic carbocycles. The number of hydrogen-bond donors (Lipinski definition) is 4. The van der Waals surface area contributed by atoms with Gasteiger partial charge in [0, 0.05) is 6.54 Å².